The lowest BCUT2D eigenvalue weighted by molar-refractivity contribution is -0.186. The van der Waals surface area contributed by atoms with E-state index >= 15 is 0 Å². The van der Waals surface area contributed by atoms with E-state index in [0.29, 0.717) is 0 Å². The van der Waals surface area contributed by atoms with Crippen LogP contribution in [0.2, 0.25) is 0 Å². The van der Waals surface area contributed by atoms with Gasteiger partial charge in [0.2, 0.25) is 5.95 Å². The van der Waals surface area contributed by atoms with Gasteiger partial charge in [-0.15, -0.1) is 11.8 Å². The van der Waals surface area contributed by atoms with Gasteiger partial charge in [0.1, 0.15) is 5.75 Å². The largest absolute Gasteiger partial charge is 0.474 e. The third-order valence-corrected chi connectivity index (χ3v) is 4.47. The lowest BCUT2D eigenvalue weighted by Gasteiger charge is -2.39. The summed E-state index contributed by atoms with van der Waals surface area (Å²) in [6.07, 6.45) is -1.71. The molecule has 10 heteroatoms. The molecule has 8 nitrogen and oxygen atoms in total. The molecular formula is C16H18FNO7S. The predicted molar refractivity (Wildman–Crippen MR) is 87.7 cm³/mol. The van der Waals surface area contributed by atoms with Gasteiger partial charge in [-0.3, -0.25) is 14.4 Å². The van der Waals surface area contributed by atoms with Crippen molar-refractivity contribution in [3.05, 3.63) is 24.3 Å². The van der Waals surface area contributed by atoms with Crippen LogP contribution in [0.3, 0.4) is 0 Å². The summed E-state index contributed by atoms with van der Waals surface area (Å²) >= 11 is 1.20. The van der Waals surface area contributed by atoms with Crippen LogP contribution < -0.4 is 4.74 Å². The minimum absolute atomic E-state index is 0.244. The number of esters is 3. The zero-order valence-corrected chi connectivity index (χ0v) is 15.2. The van der Waals surface area contributed by atoms with E-state index in [0.717, 1.165) is 6.07 Å². The number of hydrogen-bond donors (Lipinski definition) is 0. The summed E-state index contributed by atoms with van der Waals surface area (Å²) < 4.78 is 34.4. The fourth-order valence-corrected chi connectivity index (χ4v) is 3.59. The number of carbonyl (C=O) groups is 3. The van der Waals surface area contributed by atoms with Crippen molar-refractivity contribution in [3.8, 4) is 5.75 Å². The summed E-state index contributed by atoms with van der Waals surface area (Å²) in [7, 11) is 0. The molecule has 0 spiro atoms. The number of carbonyl (C=O) groups excluding carboxylic acids is 3. The number of halogens is 1. The maximum Gasteiger partial charge on any atom is 0.303 e. The van der Waals surface area contributed by atoms with E-state index in [-0.39, 0.29) is 11.5 Å². The second kappa shape index (κ2) is 8.84. The molecule has 142 valence electrons. The van der Waals surface area contributed by atoms with Gasteiger partial charge in [-0.05, 0) is 12.1 Å². The summed E-state index contributed by atoms with van der Waals surface area (Å²) in [5, 5.41) is 0. The summed E-state index contributed by atoms with van der Waals surface area (Å²) in [6.45, 7) is 3.61. The SMILES string of the molecule is CC(=O)O[C@@H]1[C@@H](OC(C)=O)[C@@H](Oc2ccc(F)nc2)SC[C@H]1OC(C)=O. The maximum absolute atomic E-state index is 12.9. The quantitative estimate of drug-likeness (QED) is 0.422. The molecule has 0 bridgehead atoms. The summed E-state index contributed by atoms with van der Waals surface area (Å²) in [4.78, 5) is 37.8. The third-order valence-electron chi connectivity index (χ3n) is 3.26. The molecule has 0 saturated carbocycles. The van der Waals surface area contributed by atoms with Gasteiger partial charge in [-0.2, -0.15) is 4.39 Å². The minimum atomic E-state index is -1.04. The van der Waals surface area contributed by atoms with Gasteiger partial charge in [0.15, 0.2) is 23.7 Å². The first-order valence-corrected chi connectivity index (χ1v) is 8.72. The van der Waals surface area contributed by atoms with Crippen LogP contribution in [0, 0.1) is 5.95 Å². The van der Waals surface area contributed by atoms with Crippen LogP contribution in [0.4, 0.5) is 4.39 Å². The average Bonchev–Trinajstić information content (AvgIpc) is 2.53. The molecule has 0 aromatic carbocycles. The third kappa shape index (κ3) is 5.58. The van der Waals surface area contributed by atoms with Crippen LogP contribution in [0.25, 0.3) is 0 Å². The molecule has 0 amide bonds. The molecule has 1 aliphatic heterocycles. The molecular weight excluding hydrogens is 369 g/mol. The first-order valence-electron chi connectivity index (χ1n) is 7.67. The molecule has 1 fully saturated rings. The van der Waals surface area contributed by atoms with Crippen LogP contribution in [0.5, 0.6) is 5.75 Å². The first-order chi connectivity index (χ1) is 12.3. The van der Waals surface area contributed by atoms with Crippen LogP contribution in [0.15, 0.2) is 18.3 Å². The van der Waals surface area contributed by atoms with Crippen LogP contribution in [-0.2, 0) is 28.6 Å². The number of pyridine rings is 1. The molecule has 0 unspecified atom stereocenters. The zero-order valence-electron chi connectivity index (χ0n) is 14.3. The number of rotatable bonds is 5. The highest BCUT2D eigenvalue weighted by Crippen LogP contribution is 2.34. The number of nitrogens with zero attached hydrogens (tertiary/aromatic N) is 1. The molecule has 1 aromatic heterocycles. The second-order valence-corrected chi connectivity index (χ2v) is 6.56. The Morgan fingerprint density at radius 3 is 2.19 bits per heavy atom. The molecule has 0 aliphatic carbocycles. The highest BCUT2D eigenvalue weighted by atomic mass is 32.2. The van der Waals surface area contributed by atoms with E-state index < -0.39 is 47.6 Å². The van der Waals surface area contributed by atoms with E-state index in [1.807, 2.05) is 0 Å². The standard InChI is InChI=1S/C16H18FNO7S/c1-8(19)22-12-7-26-16(25-11-4-5-13(17)18-6-11)15(24-10(3)21)14(12)23-9(2)20/h4-6,12,14-16H,7H2,1-3H3/t12-,14+,15-,16+/m1/s1. The van der Waals surface area contributed by atoms with Gasteiger partial charge in [0.05, 0.1) is 6.20 Å². The van der Waals surface area contributed by atoms with E-state index in [2.05, 4.69) is 4.98 Å². The Hall–Kier alpha value is -2.36. The molecule has 4 atom stereocenters. The number of thioether (sulfide) groups is 1. The molecule has 1 aromatic rings. The van der Waals surface area contributed by atoms with E-state index in [9.17, 15) is 18.8 Å². The van der Waals surface area contributed by atoms with Crippen molar-refractivity contribution in [3.63, 3.8) is 0 Å². The van der Waals surface area contributed by atoms with Gasteiger partial charge < -0.3 is 18.9 Å². The fourth-order valence-electron chi connectivity index (χ4n) is 2.38. The molecule has 2 rings (SSSR count). The Kier molecular flexibility index (Phi) is 6.78. The lowest BCUT2D eigenvalue weighted by atomic mass is 10.1. The van der Waals surface area contributed by atoms with Crippen LogP contribution in [-0.4, -0.2) is 52.4 Å². The molecule has 1 aliphatic rings. The van der Waals surface area contributed by atoms with Crippen molar-refractivity contribution in [2.24, 2.45) is 0 Å². The van der Waals surface area contributed by atoms with E-state index in [1.165, 1.54) is 44.8 Å². The Morgan fingerprint density at radius 1 is 1.04 bits per heavy atom. The van der Waals surface area contributed by atoms with Crippen LogP contribution >= 0.6 is 11.8 Å². The molecule has 0 N–H and O–H groups in total. The summed E-state index contributed by atoms with van der Waals surface area (Å²) in [5.41, 5.74) is -0.776. The monoisotopic (exact) mass is 387 g/mol. The van der Waals surface area contributed by atoms with Crippen molar-refractivity contribution in [1.82, 2.24) is 4.98 Å². The maximum atomic E-state index is 12.9. The van der Waals surface area contributed by atoms with Crippen LogP contribution in [0.1, 0.15) is 20.8 Å². The van der Waals surface area contributed by atoms with Gasteiger partial charge in [-0.25, -0.2) is 4.98 Å². The number of ether oxygens (including phenoxy) is 4. The Bertz CT molecular complexity index is 669. The Balaban J connectivity index is 2.25. The molecule has 26 heavy (non-hydrogen) atoms. The zero-order chi connectivity index (χ0) is 19.3. The highest BCUT2D eigenvalue weighted by Gasteiger charge is 2.47. The van der Waals surface area contributed by atoms with Gasteiger partial charge in [-0.1, -0.05) is 0 Å². The topological polar surface area (TPSA) is 101 Å². The predicted octanol–water partition coefficient (Wildman–Crippen LogP) is 1.47. The minimum Gasteiger partial charge on any atom is -0.474 e. The molecule has 0 radical (unpaired) electrons. The Labute approximate surface area is 153 Å². The fraction of sp³-hybridized carbons (Fsp3) is 0.500. The van der Waals surface area contributed by atoms with Crippen molar-refractivity contribution < 1.29 is 37.7 Å². The van der Waals surface area contributed by atoms with Crippen molar-refractivity contribution >= 4 is 29.7 Å². The smallest absolute Gasteiger partial charge is 0.303 e. The summed E-state index contributed by atoms with van der Waals surface area (Å²) in [5.74, 6) is -1.99. The van der Waals surface area contributed by atoms with Gasteiger partial charge >= 0.3 is 17.9 Å². The highest BCUT2D eigenvalue weighted by molar-refractivity contribution is 7.99. The van der Waals surface area contributed by atoms with E-state index in [4.69, 9.17) is 18.9 Å². The van der Waals surface area contributed by atoms with Gasteiger partial charge in [0.25, 0.3) is 0 Å². The van der Waals surface area contributed by atoms with Crippen molar-refractivity contribution in [2.45, 2.75) is 44.5 Å². The summed E-state index contributed by atoms with van der Waals surface area (Å²) in [6, 6.07) is 2.49. The molecule has 2 heterocycles. The second-order valence-electron chi connectivity index (χ2n) is 5.43. The number of hydrogen-bond acceptors (Lipinski definition) is 9. The van der Waals surface area contributed by atoms with Gasteiger partial charge in [0, 0.05) is 26.5 Å². The molecule has 1 saturated heterocycles. The average molecular weight is 387 g/mol. The van der Waals surface area contributed by atoms with Crippen molar-refractivity contribution in [2.75, 3.05) is 5.75 Å². The normalized spacial score (nSPS) is 25.1. The first kappa shape index (κ1) is 20.0. The Morgan fingerprint density at radius 2 is 1.65 bits per heavy atom. The lowest BCUT2D eigenvalue weighted by Crippen LogP contribution is -2.55. The van der Waals surface area contributed by atoms with Crippen molar-refractivity contribution in [1.29, 1.82) is 0 Å². The number of aromatic nitrogens is 1. The van der Waals surface area contributed by atoms with E-state index in [1.54, 1.807) is 0 Å².